The first kappa shape index (κ1) is 119. The first-order valence-electron chi connectivity index (χ1n) is 47.0. The third-order valence-corrected chi connectivity index (χ3v) is 28.9. The maximum absolute atomic E-state index is 13.4. The van der Waals surface area contributed by atoms with E-state index < -0.39 is 46.0 Å². The van der Waals surface area contributed by atoms with Crippen molar-refractivity contribution in [2.45, 2.75) is 261 Å². The zero-order valence-electron chi connectivity index (χ0n) is 88.4. The number of aromatic nitrogens is 2. The van der Waals surface area contributed by atoms with Crippen molar-refractivity contribution in [3.05, 3.63) is 283 Å². The average molecular weight is 2250 g/mol. The van der Waals surface area contributed by atoms with E-state index in [-0.39, 0.29) is 74.1 Å². The Hall–Kier alpha value is -10.2. The quantitative estimate of drug-likeness (QED) is 0.117. The number of likely N-dealkylation sites (N-methyl/N-ethyl adjacent to an activating group) is 1. The smallest absolute Gasteiger partial charge is 0.420 e. The fraction of sp³-hybridized carbons (Fsp3) is 0.405. The molecule has 8 aliphatic rings. The maximum Gasteiger partial charge on any atom is 0.420 e. The van der Waals surface area contributed by atoms with Crippen molar-refractivity contribution in [1.82, 2.24) is 9.13 Å². The molecule has 4 atom stereocenters. The molecule has 2 amide bonds. The Morgan fingerprint density at radius 3 is 1.22 bits per heavy atom. The molecule has 24 nitrogen and oxygen atoms in total. The number of aryl methyl sites for hydroxylation is 11. The third-order valence-electron chi connectivity index (χ3n) is 23.7. The number of nitrogens with zero attached hydrogens (tertiary/aromatic N) is 6. The zero-order valence-corrected chi connectivity index (χ0v) is 96.0. The molecule has 798 valence electrons. The van der Waals surface area contributed by atoms with Gasteiger partial charge in [0.05, 0.1) is 96.8 Å². The number of amides is 2. The van der Waals surface area contributed by atoms with Crippen LogP contribution in [0.5, 0.6) is 40.2 Å². The van der Waals surface area contributed by atoms with E-state index in [0.29, 0.717) is 123 Å². The Kier molecular flexibility index (Phi) is 37.4. The lowest BCUT2D eigenvalue weighted by molar-refractivity contribution is -0.132. The molecule has 0 spiro atoms. The van der Waals surface area contributed by atoms with Crippen molar-refractivity contribution in [3.63, 3.8) is 0 Å². The minimum Gasteiger partial charge on any atom is -0.476 e. The van der Waals surface area contributed by atoms with Crippen molar-refractivity contribution in [1.29, 1.82) is 10.5 Å². The van der Waals surface area contributed by atoms with E-state index in [1.165, 1.54) is 35.6 Å². The molecule has 10 heterocycles. The highest BCUT2D eigenvalue weighted by Gasteiger charge is 2.44. The lowest BCUT2D eigenvalue weighted by Gasteiger charge is -2.37. The molecule has 0 N–H and O–H groups in total. The van der Waals surface area contributed by atoms with Crippen LogP contribution in [-0.2, 0) is 45.1 Å². The second-order valence-electron chi connectivity index (χ2n) is 40.7. The van der Waals surface area contributed by atoms with Crippen LogP contribution in [-0.4, -0.2) is 98.8 Å². The summed E-state index contributed by atoms with van der Waals surface area (Å²) in [6.45, 7) is 51.5. The van der Waals surface area contributed by atoms with E-state index in [4.69, 9.17) is 169 Å². The van der Waals surface area contributed by atoms with Gasteiger partial charge in [0, 0.05) is 144 Å². The second-order valence-corrected chi connectivity index (χ2v) is 46.9. The molecular weight excluding hydrogens is 2130 g/mol. The van der Waals surface area contributed by atoms with Crippen LogP contribution in [0.3, 0.4) is 0 Å². The molecule has 8 aliphatic heterocycles. The predicted octanol–water partition coefficient (Wildman–Crippen LogP) is 30.4. The number of hydrogen-bond donors (Lipinski definition) is 0. The number of ether oxygens (including phenoxy) is 13. The zero-order chi connectivity index (χ0) is 111. The van der Waals surface area contributed by atoms with Crippen LogP contribution in [0.25, 0.3) is 21.3 Å². The van der Waals surface area contributed by atoms with Gasteiger partial charge in [-0.3, -0.25) is 19.0 Å². The molecule has 38 heteroatoms. The van der Waals surface area contributed by atoms with Gasteiger partial charge in [0.25, 0.3) is 5.91 Å². The molecule has 0 bridgehead atoms. The lowest BCUT2D eigenvalue weighted by Crippen LogP contribution is -2.50. The number of nitriles is 2. The van der Waals surface area contributed by atoms with Crippen molar-refractivity contribution in [2.24, 2.45) is 7.05 Å². The number of alkyl halides is 1. The number of anilines is 2. The van der Waals surface area contributed by atoms with Crippen LogP contribution in [0.15, 0.2) is 140 Å². The summed E-state index contributed by atoms with van der Waals surface area (Å²) in [7, 11) is 5.34. The molecule has 0 saturated carbocycles. The Labute approximate surface area is 913 Å². The van der Waals surface area contributed by atoms with E-state index in [9.17, 15) is 36.7 Å². The van der Waals surface area contributed by atoms with Gasteiger partial charge >= 0.3 is 15.9 Å². The number of benzene rings is 10. The molecule has 3 saturated heterocycles. The Morgan fingerprint density at radius 2 is 0.738 bits per heavy atom. The number of oxazole rings is 1. The average Bonchev–Trinajstić information content (AvgIpc) is 1.57. The minimum absolute atomic E-state index is 0.0525. The SMILES string of the molecule is Cc1cc(C2OCC(C)(C)O2)c(C#N)cc1Cl.Cc1cc(C2OCC(C)(C)O2)c(C#N)cc1F.Cc1cc(C2OCC(C)(C)O2)c(Cl)cc1F.Cc1cc2c(cc1Cl)OC(C)(C)C(=O)N2C.Cc1cc2c(cc1Cl)OC(C)(C)O2.Cc1cc2c(cc1Cl)SC(C)(C)C(=O)N2C.Cc1cc2c(cc1Cl)oc(=O)n2C(C)C.Cc1cc2c(cc1Cl)sc(=O)n2C.Cc1cc2c(cc1F)OC(C)(C)O2.Cc1cc2c(cc1F)OC(C)(Cl)O2. The summed E-state index contributed by atoms with van der Waals surface area (Å²) < 4.78 is 133. The summed E-state index contributed by atoms with van der Waals surface area (Å²) in [5.74, 6) is 1.28. The molecular formula is C111H120Cl8F4N6O18S2. The Morgan fingerprint density at radius 1 is 0.383 bits per heavy atom. The first-order valence-corrected chi connectivity index (χ1v) is 51.7. The summed E-state index contributed by atoms with van der Waals surface area (Å²) in [4.78, 5) is 51.4. The van der Waals surface area contributed by atoms with Crippen molar-refractivity contribution in [2.75, 3.05) is 43.7 Å². The van der Waals surface area contributed by atoms with E-state index in [2.05, 4.69) is 6.07 Å². The van der Waals surface area contributed by atoms with Crippen molar-refractivity contribution in [3.8, 4) is 52.4 Å². The summed E-state index contributed by atoms with van der Waals surface area (Å²) in [5.41, 5.74) is 12.9. The molecule has 10 aromatic carbocycles. The van der Waals surface area contributed by atoms with Gasteiger partial charge in [0.2, 0.25) is 17.5 Å². The van der Waals surface area contributed by atoms with Crippen molar-refractivity contribution >= 4 is 160 Å². The topological polar surface area (TPSA) is 265 Å². The summed E-state index contributed by atoms with van der Waals surface area (Å²) in [6.07, 6.45) is -1.56. The molecule has 20 rings (SSSR count). The van der Waals surface area contributed by atoms with Crippen LogP contribution < -0.4 is 53.6 Å². The first-order chi connectivity index (χ1) is 68.9. The minimum atomic E-state index is -1.21. The van der Waals surface area contributed by atoms with Crippen LogP contribution in [0.4, 0.5) is 28.9 Å². The van der Waals surface area contributed by atoms with E-state index in [1.54, 1.807) is 156 Å². The van der Waals surface area contributed by atoms with Gasteiger partial charge < -0.3 is 80.4 Å². The van der Waals surface area contributed by atoms with Gasteiger partial charge in [0.1, 0.15) is 29.0 Å². The fourth-order valence-corrected chi connectivity index (χ4v) is 19.3. The van der Waals surface area contributed by atoms with Gasteiger partial charge in [-0.05, 0) is 311 Å². The molecule has 149 heavy (non-hydrogen) atoms. The van der Waals surface area contributed by atoms with E-state index in [0.717, 1.165) is 87.5 Å². The molecule has 2 aromatic heterocycles. The normalized spacial score (nSPS) is 18.9. The highest BCUT2D eigenvalue weighted by atomic mass is 35.5. The molecule has 4 unspecified atom stereocenters. The monoisotopic (exact) mass is 2240 g/mol. The Balaban J connectivity index is 0.000000157. The number of hydrogen-bond acceptors (Lipinski definition) is 22. The fourth-order valence-electron chi connectivity index (χ4n) is 15.7. The summed E-state index contributed by atoms with van der Waals surface area (Å²) >= 11 is 50.5. The van der Waals surface area contributed by atoms with Gasteiger partial charge in [-0.1, -0.05) is 92.5 Å². The van der Waals surface area contributed by atoms with Crippen LogP contribution in [0, 0.1) is 115 Å². The molecule has 12 aromatic rings. The van der Waals surface area contributed by atoms with Crippen LogP contribution in [0.2, 0.25) is 35.2 Å². The number of fused-ring (bicyclic) bond motifs is 7. The summed E-state index contributed by atoms with van der Waals surface area (Å²) in [6, 6.07) is 37.9. The number of rotatable bonds is 4. The number of carbonyl (C=O) groups excluding carboxylic acids is 2. The van der Waals surface area contributed by atoms with Gasteiger partial charge in [0.15, 0.2) is 64.6 Å². The number of thiazole rings is 1. The highest BCUT2D eigenvalue weighted by molar-refractivity contribution is 8.01. The largest absolute Gasteiger partial charge is 0.476 e. The van der Waals surface area contributed by atoms with Crippen molar-refractivity contribution < 1.29 is 93.1 Å². The van der Waals surface area contributed by atoms with Gasteiger partial charge in [-0.15, -0.1) is 11.8 Å². The van der Waals surface area contributed by atoms with E-state index in [1.807, 2.05) is 186 Å². The van der Waals surface area contributed by atoms with Crippen LogP contribution in [0.1, 0.15) is 226 Å². The van der Waals surface area contributed by atoms with E-state index >= 15 is 0 Å². The molecule has 0 radical (unpaired) electrons. The molecule has 3 fully saturated rings. The van der Waals surface area contributed by atoms with Gasteiger partial charge in [-0.2, -0.15) is 10.5 Å². The Bertz CT molecular complexity index is 6910. The lowest BCUT2D eigenvalue weighted by atomic mass is 10.0. The standard InChI is InChI=1S/C13H14ClNO2.C13H14FNO2.C12H14ClFO2.C12H14ClNO2.C12H14ClNOS.C11H12ClNO2.C10H11ClO2.C10H11FO2.C9H8ClFO2.C9H8ClNOS/c2*1-8-4-10(9(6-15)5-11(8)14)12-16-7-13(2,3)17-12;1-7-4-8(9(13)5-10(7)14)11-15-6-12(2,3)16-11;2*1-7-5-9-10(6-8(7)13)16-12(2,3)11(15)14(9)4;1-6(2)13-9-4-7(3)8(12)5-10(9)15-11(13)14;2*1-6-4-8-9(5-7(6)11)13-10(2,3)12-8;1-5-3-7-8(4-6(5)11)13-9(2,10)12-7;1-5-3-7-8(4-6(5)10)13-9(12)11(7)2/h2*4-5,12H,7H2,1-3H3;4-5,11H,6H2,1-3H3;2*5-6H,1-4H3;4-6H,1-3H3;2*4-5H,1-3H3;2*3-4H,1-2H3. The predicted molar refractivity (Wildman–Crippen MR) is 580 cm³/mol. The number of carbonyl (C=O) groups is 2. The number of halogens is 12. The van der Waals surface area contributed by atoms with Gasteiger partial charge in [-0.25, -0.2) is 22.4 Å². The third kappa shape index (κ3) is 29.3. The maximum atomic E-state index is 13.4. The highest BCUT2D eigenvalue weighted by Crippen LogP contribution is 2.50. The second kappa shape index (κ2) is 46.8. The molecule has 0 aliphatic carbocycles. The number of thioether (sulfide) groups is 1. The van der Waals surface area contributed by atoms with Crippen LogP contribution >= 0.6 is 116 Å². The summed E-state index contributed by atoms with van der Waals surface area (Å²) in [5, 5.41) is 21.3.